The Labute approximate surface area is 243 Å². The normalized spacial score (nSPS) is 13.8. The van der Waals surface area contributed by atoms with Gasteiger partial charge in [0.1, 0.15) is 11.6 Å². The van der Waals surface area contributed by atoms with Crippen LogP contribution in [0.25, 0.3) is 0 Å². The maximum Gasteiger partial charge on any atom is 0.513 e. The second kappa shape index (κ2) is 15.6. The molecule has 1 rings (SSSR count). The molecule has 1 aromatic carbocycles. The van der Waals surface area contributed by atoms with Gasteiger partial charge in [-0.05, 0) is 41.9 Å². The minimum absolute atomic E-state index is 0.0290. The van der Waals surface area contributed by atoms with Crippen molar-refractivity contribution in [2.75, 3.05) is 20.3 Å². The van der Waals surface area contributed by atoms with Crippen LogP contribution in [-0.2, 0) is 35.0 Å². The first-order chi connectivity index (χ1) is 18.9. The fraction of sp³-hybridized carbons (Fsp3) is 0.667. The van der Waals surface area contributed by atoms with Crippen molar-refractivity contribution < 1.29 is 47.6 Å². The molecule has 0 amide bonds. The fourth-order valence-corrected chi connectivity index (χ4v) is 3.57. The van der Waals surface area contributed by atoms with Gasteiger partial charge in [0.2, 0.25) is 0 Å². The van der Waals surface area contributed by atoms with Crippen LogP contribution in [0.2, 0.25) is 0 Å². The Balaban J connectivity index is 3.24. The lowest BCUT2D eigenvalue weighted by molar-refractivity contribution is -0.155. The Morgan fingerprint density at radius 2 is 1.41 bits per heavy atom. The van der Waals surface area contributed by atoms with E-state index in [4.69, 9.17) is 34.2 Å². The van der Waals surface area contributed by atoms with Crippen LogP contribution in [0.1, 0.15) is 86.6 Å². The third-order valence-corrected chi connectivity index (χ3v) is 5.47. The smallest absolute Gasteiger partial charge is 0.468 e. The van der Waals surface area contributed by atoms with Crippen molar-refractivity contribution in [3.05, 3.63) is 23.8 Å². The molecule has 0 bridgehead atoms. The highest BCUT2D eigenvalue weighted by molar-refractivity contribution is 5.81. The summed E-state index contributed by atoms with van der Waals surface area (Å²) in [4.78, 5) is 49.7. The molecular weight excluding hydrogens is 534 g/mol. The molecule has 0 aliphatic rings. The molecule has 0 aromatic heterocycles. The molecule has 0 fully saturated rings. The molecule has 2 N–H and O–H groups in total. The van der Waals surface area contributed by atoms with E-state index in [0.717, 1.165) is 6.42 Å². The van der Waals surface area contributed by atoms with Crippen molar-refractivity contribution >= 4 is 24.2 Å². The van der Waals surface area contributed by atoms with Crippen LogP contribution in [0.15, 0.2) is 18.2 Å². The molecule has 1 unspecified atom stereocenters. The van der Waals surface area contributed by atoms with Gasteiger partial charge in [0.15, 0.2) is 11.5 Å². The molecule has 0 radical (unpaired) electrons. The number of ether oxygens (including phenoxy) is 6. The van der Waals surface area contributed by atoms with Gasteiger partial charge in [-0.1, -0.05) is 61.0 Å². The molecule has 0 spiro atoms. The van der Waals surface area contributed by atoms with Crippen LogP contribution in [-0.4, -0.2) is 56.2 Å². The number of hydrogen-bond donors (Lipinski definition) is 1. The Bertz CT molecular complexity index is 1040. The number of rotatable bonds is 13. The Morgan fingerprint density at radius 3 is 1.90 bits per heavy atom. The maximum atomic E-state index is 12.8. The molecule has 232 valence electrons. The number of nitrogens with two attached hydrogens (primary N) is 1. The monoisotopic (exact) mass is 581 g/mol. The van der Waals surface area contributed by atoms with E-state index in [-0.39, 0.29) is 60.8 Å². The van der Waals surface area contributed by atoms with Crippen LogP contribution >= 0.6 is 0 Å². The first-order valence-corrected chi connectivity index (χ1v) is 13.8. The average molecular weight is 582 g/mol. The number of methoxy groups -OCH3 is 1. The highest BCUT2D eigenvalue weighted by Gasteiger charge is 2.38. The van der Waals surface area contributed by atoms with Gasteiger partial charge >= 0.3 is 24.2 Å². The van der Waals surface area contributed by atoms with E-state index in [1.807, 2.05) is 48.5 Å². The predicted octanol–water partition coefficient (Wildman–Crippen LogP) is 5.73. The molecule has 0 saturated carbocycles. The van der Waals surface area contributed by atoms with Gasteiger partial charge in [-0.2, -0.15) is 0 Å². The number of unbranched alkanes of at least 4 members (excludes halogenated alkanes) is 1. The van der Waals surface area contributed by atoms with Crippen molar-refractivity contribution in [2.24, 2.45) is 16.6 Å². The van der Waals surface area contributed by atoms with E-state index >= 15 is 0 Å². The van der Waals surface area contributed by atoms with E-state index in [1.165, 1.54) is 19.2 Å². The van der Waals surface area contributed by atoms with Gasteiger partial charge in [0.05, 0.1) is 20.3 Å². The standard InChI is InChI=1S/C30H47NO10/c1-10-11-12-24(32)39-20(2)16-30(31,25(33)36-9)17-21-13-14-22(40-26(34)37-18-28(3,4)5)23(15-21)41-27(35)38-19-29(6,7)8/h13-15,20H,10-12,16-19,31H2,1-9H3/t20-,30?/m0/s1. The van der Waals surface area contributed by atoms with Crippen molar-refractivity contribution in [3.63, 3.8) is 0 Å². The topological polar surface area (TPSA) is 150 Å². The van der Waals surface area contributed by atoms with E-state index in [1.54, 1.807) is 13.0 Å². The Hall–Kier alpha value is -3.34. The van der Waals surface area contributed by atoms with Gasteiger partial charge < -0.3 is 34.2 Å². The summed E-state index contributed by atoms with van der Waals surface area (Å²) in [7, 11) is 1.21. The van der Waals surface area contributed by atoms with Crippen LogP contribution < -0.4 is 15.2 Å². The quantitative estimate of drug-likeness (QED) is 0.173. The van der Waals surface area contributed by atoms with Crippen molar-refractivity contribution in [2.45, 2.75) is 99.1 Å². The summed E-state index contributed by atoms with van der Waals surface area (Å²) >= 11 is 0. The zero-order chi connectivity index (χ0) is 31.4. The molecule has 1 aromatic rings. The fourth-order valence-electron chi connectivity index (χ4n) is 3.57. The van der Waals surface area contributed by atoms with Gasteiger partial charge in [-0.25, -0.2) is 9.59 Å². The van der Waals surface area contributed by atoms with Gasteiger partial charge in [-0.3, -0.25) is 9.59 Å². The largest absolute Gasteiger partial charge is 0.513 e. The highest BCUT2D eigenvalue weighted by Crippen LogP contribution is 2.32. The number of esters is 2. The number of benzene rings is 1. The zero-order valence-electron chi connectivity index (χ0n) is 25.9. The van der Waals surface area contributed by atoms with Gasteiger partial charge in [0, 0.05) is 19.3 Å². The molecular formula is C30H47NO10. The third-order valence-electron chi connectivity index (χ3n) is 5.47. The number of carbonyl (C=O) groups is 4. The molecule has 11 heteroatoms. The first-order valence-electron chi connectivity index (χ1n) is 13.8. The van der Waals surface area contributed by atoms with Crippen LogP contribution in [0.3, 0.4) is 0 Å². The lowest BCUT2D eigenvalue weighted by Crippen LogP contribution is -2.53. The minimum atomic E-state index is -1.59. The molecule has 2 atom stereocenters. The van der Waals surface area contributed by atoms with E-state index in [2.05, 4.69) is 0 Å². The van der Waals surface area contributed by atoms with Crippen molar-refractivity contribution in [1.29, 1.82) is 0 Å². The van der Waals surface area contributed by atoms with Gasteiger partial charge in [-0.15, -0.1) is 0 Å². The average Bonchev–Trinajstić information content (AvgIpc) is 2.85. The van der Waals surface area contributed by atoms with E-state index in [0.29, 0.717) is 12.0 Å². The molecule has 11 nitrogen and oxygen atoms in total. The van der Waals surface area contributed by atoms with Crippen molar-refractivity contribution in [1.82, 2.24) is 0 Å². The Morgan fingerprint density at radius 1 is 0.878 bits per heavy atom. The number of carbonyl (C=O) groups excluding carboxylic acids is 4. The molecule has 41 heavy (non-hydrogen) atoms. The maximum absolute atomic E-state index is 12.8. The van der Waals surface area contributed by atoms with Gasteiger partial charge in [0.25, 0.3) is 0 Å². The van der Waals surface area contributed by atoms with Crippen LogP contribution in [0.4, 0.5) is 9.59 Å². The summed E-state index contributed by atoms with van der Waals surface area (Å²) in [5.41, 5.74) is 4.77. The summed E-state index contributed by atoms with van der Waals surface area (Å²) in [6.45, 7) is 15.1. The predicted molar refractivity (Wildman–Crippen MR) is 152 cm³/mol. The third kappa shape index (κ3) is 14.2. The summed E-state index contributed by atoms with van der Waals surface area (Å²) in [5.74, 6) is -1.33. The molecule has 0 aliphatic carbocycles. The van der Waals surface area contributed by atoms with E-state index in [9.17, 15) is 19.2 Å². The molecule has 0 saturated heterocycles. The number of hydrogen-bond acceptors (Lipinski definition) is 11. The first kappa shape index (κ1) is 35.7. The lowest BCUT2D eigenvalue weighted by atomic mass is 9.86. The summed E-state index contributed by atoms with van der Waals surface area (Å²) in [6, 6.07) is 4.36. The van der Waals surface area contributed by atoms with E-state index < -0.39 is 29.9 Å². The van der Waals surface area contributed by atoms with Crippen molar-refractivity contribution in [3.8, 4) is 11.5 Å². The summed E-state index contributed by atoms with van der Waals surface area (Å²) in [6.07, 6.45) is -0.970. The molecule has 0 heterocycles. The second-order valence-corrected chi connectivity index (χ2v) is 12.6. The summed E-state index contributed by atoms with van der Waals surface area (Å²) in [5, 5.41) is 0. The highest BCUT2D eigenvalue weighted by atomic mass is 16.7. The lowest BCUT2D eigenvalue weighted by Gasteiger charge is -2.29. The zero-order valence-corrected chi connectivity index (χ0v) is 25.9. The second-order valence-electron chi connectivity index (χ2n) is 12.6. The Kier molecular flexibility index (Phi) is 13.6. The minimum Gasteiger partial charge on any atom is -0.468 e. The SMILES string of the molecule is CCCCC(=O)O[C@@H](C)CC(N)(Cc1ccc(OC(=O)OCC(C)(C)C)c(OC(=O)OCC(C)(C)C)c1)C(=O)OC. The van der Waals surface area contributed by atoms with Crippen LogP contribution in [0.5, 0.6) is 11.5 Å². The van der Waals surface area contributed by atoms with Crippen LogP contribution in [0, 0.1) is 10.8 Å². The summed E-state index contributed by atoms with van der Waals surface area (Å²) < 4.78 is 31.4. The molecule has 0 aliphatic heterocycles.